The highest BCUT2D eigenvalue weighted by Gasteiger charge is 2.35. The Labute approximate surface area is 159 Å². The molecule has 0 aliphatic carbocycles. The quantitative estimate of drug-likeness (QED) is 0.775. The van der Waals surface area contributed by atoms with Gasteiger partial charge in [0.25, 0.3) is 11.8 Å². The van der Waals surface area contributed by atoms with E-state index >= 15 is 0 Å². The topological polar surface area (TPSA) is 59.0 Å². The number of hydrazone groups is 1. The maximum atomic E-state index is 12.7. The van der Waals surface area contributed by atoms with Crippen LogP contribution in [0.3, 0.4) is 0 Å². The van der Waals surface area contributed by atoms with Crippen LogP contribution in [0.2, 0.25) is 0 Å². The van der Waals surface area contributed by atoms with E-state index in [1.807, 2.05) is 62.4 Å². The molecule has 0 spiro atoms. The number of carbonyl (C=O) groups is 2. The van der Waals surface area contributed by atoms with E-state index in [0.29, 0.717) is 17.0 Å². The summed E-state index contributed by atoms with van der Waals surface area (Å²) in [4.78, 5) is 25.4. The SMILES string of the molecule is CC1=NN(C(=O)C(C)Oc2ccc(C)cc2C)C(=O)/C1=C\c1ccccc1. The van der Waals surface area contributed by atoms with Crippen LogP contribution in [0.25, 0.3) is 6.08 Å². The summed E-state index contributed by atoms with van der Waals surface area (Å²) in [5.74, 6) is -0.304. The molecule has 1 unspecified atom stereocenters. The van der Waals surface area contributed by atoms with Gasteiger partial charge in [0.05, 0.1) is 11.3 Å². The summed E-state index contributed by atoms with van der Waals surface area (Å²) in [6.45, 7) is 7.25. The zero-order chi connectivity index (χ0) is 19.6. The van der Waals surface area contributed by atoms with E-state index in [-0.39, 0.29) is 0 Å². The Morgan fingerprint density at radius 3 is 2.48 bits per heavy atom. The van der Waals surface area contributed by atoms with Gasteiger partial charge in [-0.25, -0.2) is 0 Å². The summed E-state index contributed by atoms with van der Waals surface area (Å²) in [5.41, 5.74) is 3.85. The van der Waals surface area contributed by atoms with Crippen LogP contribution in [-0.2, 0) is 9.59 Å². The Morgan fingerprint density at radius 2 is 1.81 bits per heavy atom. The first-order valence-electron chi connectivity index (χ1n) is 8.81. The van der Waals surface area contributed by atoms with Crippen molar-refractivity contribution in [3.63, 3.8) is 0 Å². The number of amides is 2. The Balaban J connectivity index is 1.77. The molecule has 0 aromatic heterocycles. The molecule has 0 fully saturated rings. The molecule has 3 rings (SSSR count). The summed E-state index contributed by atoms with van der Waals surface area (Å²) in [5, 5.41) is 5.05. The van der Waals surface area contributed by atoms with Crippen LogP contribution in [0.15, 0.2) is 59.2 Å². The van der Waals surface area contributed by atoms with Crippen LogP contribution >= 0.6 is 0 Å². The van der Waals surface area contributed by atoms with Gasteiger partial charge in [0.15, 0.2) is 6.10 Å². The number of benzene rings is 2. The van der Waals surface area contributed by atoms with Crippen molar-refractivity contribution in [2.24, 2.45) is 5.10 Å². The second-order valence-electron chi connectivity index (χ2n) is 6.64. The van der Waals surface area contributed by atoms with Gasteiger partial charge in [0, 0.05) is 0 Å². The van der Waals surface area contributed by atoms with E-state index in [1.54, 1.807) is 19.9 Å². The molecule has 1 heterocycles. The number of hydrogen-bond acceptors (Lipinski definition) is 4. The lowest BCUT2D eigenvalue weighted by molar-refractivity contribution is -0.146. The van der Waals surface area contributed by atoms with Gasteiger partial charge in [-0.05, 0) is 51.0 Å². The minimum absolute atomic E-state index is 0.410. The zero-order valence-corrected chi connectivity index (χ0v) is 15.9. The molecule has 0 radical (unpaired) electrons. The van der Waals surface area contributed by atoms with E-state index in [4.69, 9.17) is 4.74 Å². The van der Waals surface area contributed by atoms with Crippen molar-refractivity contribution < 1.29 is 14.3 Å². The molecule has 0 saturated heterocycles. The van der Waals surface area contributed by atoms with Crippen molar-refractivity contribution in [3.05, 3.63) is 70.8 Å². The monoisotopic (exact) mass is 362 g/mol. The lowest BCUT2D eigenvalue weighted by atomic mass is 10.1. The summed E-state index contributed by atoms with van der Waals surface area (Å²) >= 11 is 0. The van der Waals surface area contributed by atoms with Crippen molar-refractivity contribution in [1.82, 2.24) is 5.01 Å². The molecule has 5 nitrogen and oxygen atoms in total. The molecule has 0 saturated carbocycles. The molecule has 1 aliphatic heterocycles. The third kappa shape index (κ3) is 3.97. The molecule has 2 aromatic rings. The first kappa shape index (κ1) is 18.6. The van der Waals surface area contributed by atoms with Crippen molar-refractivity contribution in [3.8, 4) is 5.75 Å². The van der Waals surface area contributed by atoms with E-state index < -0.39 is 17.9 Å². The molecular weight excluding hydrogens is 340 g/mol. The summed E-state index contributed by atoms with van der Waals surface area (Å²) in [7, 11) is 0. The molecule has 2 amide bonds. The van der Waals surface area contributed by atoms with Gasteiger partial charge >= 0.3 is 0 Å². The van der Waals surface area contributed by atoms with Gasteiger partial charge in [-0.1, -0.05) is 48.0 Å². The van der Waals surface area contributed by atoms with Crippen molar-refractivity contribution in [1.29, 1.82) is 0 Å². The Kier molecular flexibility index (Phi) is 5.21. The van der Waals surface area contributed by atoms with Gasteiger partial charge in [-0.15, -0.1) is 0 Å². The Hall–Kier alpha value is -3.21. The average molecular weight is 362 g/mol. The highest BCUT2D eigenvalue weighted by atomic mass is 16.5. The lowest BCUT2D eigenvalue weighted by Gasteiger charge is -2.18. The van der Waals surface area contributed by atoms with Crippen molar-refractivity contribution in [2.45, 2.75) is 33.8 Å². The maximum absolute atomic E-state index is 12.7. The van der Waals surface area contributed by atoms with Crippen LogP contribution < -0.4 is 4.74 Å². The molecule has 138 valence electrons. The number of aryl methyl sites for hydroxylation is 2. The fourth-order valence-corrected chi connectivity index (χ4v) is 2.89. The van der Waals surface area contributed by atoms with E-state index in [0.717, 1.165) is 21.7 Å². The molecule has 1 aliphatic rings. The Morgan fingerprint density at radius 1 is 1.11 bits per heavy atom. The van der Waals surface area contributed by atoms with Crippen LogP contribution in [-0.4, -0.2) is 28.6 Å². The van der Waals surface area contributed by atoms with E-state index in [2.05, 4.69) is 5.10 Å². The summed E-state index contributed by atoms with van der Waals surface area (Å²) in [6.07, 6.45) is 0.910. The second kappa shape index (κ2) is 7.58. The number of carbonyl (C=O) groups excluding carboxylic acids is 2. The fraction of sp³-hybridized carbons (Fsp3) is 0.227. The minimum atomic E-state index is -0.831. The highest BCUT2D eigenvalue weighted by Crippen LogP contribution is 2.23. The third-order valence-corrected chi connectivity index (χ3v) is 4.36. The van der Waals surface area contributed by atoms with Crippen LogP contribution in [0.1, 0.15) is 30.5 Å². The molecule has 0 bridgehead atoms. The van der Waals surface area contributed by atoms with Gasteiger partial charge in [0.2, 0.25) is 0 Å². The van der Waals surface area contributed by atoms with Gasteiger partial charge < -0.3 is 4.74 Å². The first-order chi connectivity index (χ1) is 12.9. The predicted molar refractivity (Wildman–Crippen MR) is 105 cm³/mol. The third-order valence-electron chi connectivity index (χ3n) is 4.36. The number of ether oxygens (including phenoxy) is 1. The molecular formula is C22H22N2O3. The average Bonchev–Trinajstić information content (AvgIpc) is 2.92. The zero-order valence-electron chi connectivity index (χ0n) is 15.9. The predicted octanol–water partition coefficient (Wildman–Crippen LogP) is 3.90. The molecule has 0 N–H and O–H groups in total. The number of hydrogen-bond donors (Lipinski definition) is 0. The second-order valence-corrected chi connectivity index (χ2v) is 6.64. The number of nitrogens with zero attached hydrogens (tertiary/aromatic N) is 2. The van der Waals surface area contributed by atoms with Gasteiger partial charge in [0.1, 0.15) is 5.75 Å². The van der Waals surface area contributed by atoms with Crippen molar-refractivity contribution in [2.75, 3.05) is 0 Å². The smallest absolute Gasteiger partial charge is 0.290 e. The normalized spacial score (nSPS) is 16.4. The van der Waals surface area contributed by atoms with Crippen molar-refractivity contribution >= 4 is 23.6 Å². The van der Waals surface area contributed by atoms with Gasteiger partial charge in [-0.2, -0.15) is 10.1 Å². The highest BCUT2D eigenvalue weighted by molar-refractivity contribution is 6.29. The molecule has 27 heavy (non-hydrogen) atoms. The number of imide groups is 1. The number of rotatable bonds is 4. The van der Waals surface area contributed by atoms with Gasteiger partial charge in [-0.3, -0.25) is 9.59 Å². The van der Waals surface area contributed by atoms with Crippen LogP contribution in [0, 0.1) is 13.8 Å². The summed E-state index contributed by atoms with van der Waals surface area (Å²) in [6, 6.07) is 15.2. The maximum Gasteiger partial charge on any atom is 0.290 e. The lowest BCUT2D eigenvalue weighted by Crippen LogP contribution is -2.39. The van der Waals surface area contributed by atoms with E-state index in [1.165, 1.54) is 0 Å². The first-order valence-corrected chi connectivity index (χ1v) is 8.81. The largest absolute Gasteiger partial charge is 0.481 e. The summed E-state index contributed by atoms with van der Waals surface area (Å²) < 4.78 is 5.78. The van der Waals surface area contributed by atoms with Crippen LogP contribution in [0.5, 0.6) is 5.75 Å². The molecule has 1 atom stereocenters. The van der Waals surface area contributed by atoms with E-state index in [9.17, 15) is 9.59 Å². The Bertz CT molecular complexity index is 945. The molecule has 5 heteroatoms. The standard InChI is InChI=1S/C22H22N2O3/c1-14-10-11-20(15(2)12-14)27-17(4)21(25)24-22(26)19(16(3)23-24)13-18-8-6-5-7-9-18/h5-13,17H,1-4H3/b19-13-. The molecule has 2 aromatic carbocycles. The fourth-order valence-electron chi connectivity index (χ4n) is 2.89. The minimum Gasteiger partial charge on any atom is -0.481 e. The van der Waals surface area contributed by atoms with Crippen LogP contribution in [0.4, 0.5) is 0 Å².